The minimum absolute atomic E-state index is 0.0128. The molecular weight excluding hydrogens is 370 g/mol. The second kappa shape index (κ2) is 11.6. The maximum absolute atomic E-state index is 13.2. The molecule has 29 heavy (non-hydrogen) atoms. The van der Waals surface area contributed by atoms with Gasteiger partial charge in [-0.15, -0.1) is 0 Å². The van der Waals surface area contributed by atoms with Crippen molar-refractivity contribution in [2.24, 2.45) is 0 Å². The van der Waals surface area contributed by atoms with E-state index in [9.17, 15) is 14.4 Å². The van der Waals surface area contributed by atoms with Crippen molar-refractivity contribution in [3.8, 4) is 0 Å². The smallest absolute Gasteiger partial charge is 0.328 e. The molecule has 0 radical (unpaired) electrons. The van der Waals surface area contributed by atoms with Crippen LogP contribution in [0.4, 0.5) is 0 Å². The van der Waals surface area contributed by atoms with E-state index in [1.54, 1.807) is 13.8 Å². The molecular formula is C23H27NO5. The Bertz CT molecular complexity index is 752. The minimum Gasteiger partial charge on any atom is -0.466 e. The Kier molecular flexibility index (Phi) is 8.89. The van der Waals surface area contributed by atoms with E-state index in [0.29, 0.717) is 0 Å². The van der Waals surface area contributed by atoms with Crippen molar-refractivity contribution >= 4 is 17.8 Å². The predicted molar refractivity (Wildman–Crippen MR) is 109 cm³/mol. The zero-order valence-electron chi connectivity index (χ0n) is 16.8. The summed E-state index contributed by atoms with van der Waals surface area (Å²) in [7, 11) is 0. The topological polar surface area (TPSA) is 81.7 Å². The second-order valence-corrected chi connectivity index (χ2v) is 6.41. The van der Waals surface area contributed by atoms with Crippen LogP contribution in [0, 0.1) is 0 Å². The molecule has 0 aromatic heterocycles. The minimum atomic E-state index is -0.929. The first-order chi connectivity index (χ1) is 14.1. The van der Waals surface area contributed by atoms with Crippen LogP contribution in [0.1, 0.15) is 43.7 Å². The number of hydrogen-bond acceptors (Lipinski definition) is 5. The number of ether oxygens (including phenoxy) is 2. The van der Waals surface area contributed by atoms with Crippen molar-refractivity contribution in [1.29, 1.82) is 0 Å². The summed E-state index contributed by atoms with van der Waals surface area (Å²) in [6.07, 6.45) is 0.124. The van der Waals surface area contributed by atoms with E-state index in [-0.39, 0.29) is 32.0 Å². The summed E-state index contributed by atoms with van der Waals surface area (Å²) in [6.45, 7) is 3.86. The van der Waals surface area contributed by atoms with Gasteiger partial charge in [-0.3, -0.25) is 9.59 Å². The van der Waals surface area contributed by atoms with Gasteiger partial charge in [-0.05, 0) is 31.4 Å². The van der Waals surface area contributed by atoms with Crippen molar-refractivity contribution in [2.75, 3.05) is 13.2 Å². The molecule has 6 nitrogen and oxygen atoms in total. The van der Waals surface area contributed by atoms with Crippen LogP contribution in [0.3, 0.4) is 0 Å². The average molecular weight is 397 g/mol. The van der Waals surface area contributed by atoms with E-state index < -0.39 is 23.9 Å². The average Bonchev–Trinajstić information content (AvgIpc) is 2.73. The van der Waals surface area contributed by atoms with Gasteiger partial charge in [0.1, 0.15) is 6.04 Å². The lowest BCUT2D eigenvalue weighted by Crippen LogP contribution is -2.44. The molecule has 0 saturated heterocycles. The molecule has 0 unspecified atom stereocenters. The quantitative estimate of drug-likeness (QED) is 0.623. The zero-order chi connectivity index (χ0) is 21.1. The fourth-order valence-corrected chi connectivity index (χ4v) is 3.03. The highest BCUT2D eigenvalue weighted by Gasteiger charge is 2.29. The molecule has 0 aliphatic rings. The van der Waals surface area contributed by atoms with E-state index in [2.05, 4.69) is 5.32 Å². The van der Waals surface area contributed by atoms with Gasteiger partial charge >= 0.3 is 11.9 Å². The molecule has 0 aliphatic carbocycles. The van der Waals surface area contributed by atoms with E-state index in [4.69, 9.17) is 9.47 Å². The molecule has 1 amide bonds. The standard InChI is InChI=1S/C23H27NO5/c1-3-28-20(25)16-15-19(23(27)29-4-2)24-22(26)21(17-11-7-5-8-12-17)18-13-9-6-10-14-18/h5-14,19,21H,3-4,15-16H2,1-2H3,(H,24,26)/t19-/m0/s1. The van der Waals surface area contributed by atoms with Crippen LogP contribution >= 0.6 is 0 Å². The molecule has 0 bridgehead atoms. The van der Waals surface area contributed by atoms with Gasteiger partial charge in [-0.2, -0.15) is 0 Å². The van der Waals surface area contributed by atoms with Crippen molar-refractivity contribution in [3.05, 3.63) is 71.8 Å². The van der Waals surface area contributed by atoms with E-state index >= 15 is 0 Å². The van der Waals surface area contributed by atoms with Gasteiger partial charge in [0, 0.05) is 6.42 Å². The fourth-order valence-electron chi connectivity index (χ4n) is 3.03. The fraction of sp³-hybridized carbons (Fsp3) is 0.348. The number of carbonyl (C=O) groups excluding carboxylic acids is 3. The number of amides is 1. The summed E-state index contributed by atoms with van der Waals surface area (Å²) in [5.41, 5.74) is 1.62. The Labute approximate surface area is 171 Å². The van der Waals surface area contributed by atoms with Gasteiger partial charge in [0.25, 0.3) is 0 Å². The van der Waals surface area contributed by atoms with E-state index in [1.165, 1.54) is 0 Å². The third-order valence-electron chi connectivity index (χ3n) is 4.36. The van der Waals surface area contributed by atoms with Gasteiger partial charge in [-0.25, -0.2) is 4.79 Å². The molecule has 154 valence electrons. The van der Waals surface area contributed by atoms with Crippen LogP contribution in [0.5, 0.6) is 0 Å². The first kappa shape index (κ1) is 22.1. The van der Waals surface area contributed by atoms with Crippen molar-refractivity contribution in [2.45, 2.75) is 38.6 Å². The lowest BCUT2D eigenvalue weighted by atomic mass is 9.90. The lowest BCUT2D eigenvalue weighted by Gasteiger charge is -2.22. The molecule has 2 rings (SSSR count). The Morgan fingerprint density at radius 2 is 1.34 bits per heavy atom. The van der Waals surface area contributed by atoms with Gasteiger partial charge in [0.2, 0.25) is 5.91 Å². The molecule has 0 heterocycles. The highest BCUT2D eigenvalue weighted by molar-refractivity contribution is 5.91. The first-order valence-electron chi connectivity index (χ1n) is 9.79. The third kappa shape index (κ3) is 6.75. The summed E-state index contributed by atoms with van der Waals surface area (Å²) < 4.78 is 10.0. The van der Waals surface area contributed by atoms with Gasteiger partial charge in [0.05, 0.1) is 19.1 Å². The molecule has 2 aromatic rings. The third-order valence-corrected chi connectivity index (χ3v) is 4.36. The maximum atomic E-state index is 13.2. The monoisotopic (exact) mass is 397 g/mol. The van der Waals surface area contributed by atoms with Crippen molar-refractivity contribution < 1.29 is 23.9 Å². The largest absolute Gasteiger partial charge is 0.466 e. The molecule has 0 fully saturated rings. The predicted octanol–water partition coefficient (Wildman–Crippen LogP) is 3.21. The highest BCUT2D eigenvalue weighted by atomic mass is 16.5. The van der Waals surface area contributed by atoms with E-state index in [1.807, 2.05) is 60.7 Å². The summed E-state index contributed by atoms with van der Waals surface area (Å²) in [6, 6.07) is 17.8. The number of hydrogen-bond donors (Lipinski definition) is 1. The number of nitrogens with one attached hydrogen (secondary N) is 1. The molecule has 0 aliphatic heterocycles. The summed E-state index contributed by atoms with van der Waals surface area (Å²) in [4.78, 5) is 37.3. The first-order valence-corrected chi connectivity index (χ1v) is 9.79. The summed E-state index contributed by atoms with van der Waals surface area (Å²) in [5.74, 6) is -1.90. The van der Waals surface area contributed by atoms with Crippen molar-refractivity contribution in [1.82, 2.24) is 5.32 Å². The normalized spacial score (nSPS) is 11.6. The van der Waals surface area contributed by atoms with E-state index in [0.717, 1.165) is 11.1 Å². The molecule has 2 aromatic carbocycles. The van der Waals surface area contributed by atoms with Crippen LogP contribution in [-0.4, -0.2) is 37.1 Å². The van der Waals surface area contributed by atoms with Crippen LogP contribution in [0.15, 0.2) is 60.7 Å². The Balaban J connectivity index is 2.22. The molecule has 1 N–H and O–H groups in total. The Hall–Kier alpha value is -3.15. The number of benzene rings is 2. The van der Waals surface area contributed by atoms with Gasteiger partial charge in [0.15, 0.2) is 0 Å². The molecule has 6 heteroatoms. The zero-order valence-corrected chi connectivity index (χ0v) is 16.8. The number of rotatable bonds is 10. The van der Waals surface area contributed by atoms with Gasteiger partial charge < -0.3 is 14.8 Å². The van der Waals surface area contributed by atoms with Crippen molar-refractivity contribution in [3.63, 3.8) is 0 Å². The Morgan fingerprint density at radius 3 is 1.83 bits per heavy atom. The SMILES string of the molecule is CCOC(=O)CC[C@H](NC(=O)C(c1ccccc1)c1ccccc1)C(=O)OCC. The summed E-state index contributed by atoms with van der Waals surface area (Å²) >= 11 is 0. The molecule has 1 atom stereocenters. The van der Waals surface area contributed by atoms with Crippen LogP contribution < -0.4 is 5.32 Å². The molecule has 0 saturated carbocycles. The highest BCUT2D eigenvalue weighted by Crippen LogP contribution is 2.25. The summed E-state index contributed by atoms with van der Waals surface area (Å²) in [5, 5.41) is 2.77. The second-order valence-electron chi connectivity index (χ2n) is 6.41. The maximum Gasteiger partial charge on any atom is 0.328 e. The number of carbonyl (C=O) groups is 3. The van der Waals surface area contributed by atoms with Crippen LogP contribution in [0.25, 0.3) is 0 Å². The Morgan fingerprint density at radius 1 is 0.828 bits per heavy atom. The van der Waals surface area contributed by atoms with Gasteiger partial charge in [-0.1, -0.05) is 60.7 Å². The number of esters is 2. The van der Waals surface area contributed by atoms with Crippen LogP contribution in [-0.2, 0) is 23.9 Å². The molecule has 0 spiro atoms. The van der Waals surface area contributed by atoms with Crippen LogP contribution in [0.2, 0.25) is 0 Å². The lowest BCUT2D eigenvalue weighted by molar-refractivity contribution is -0.148.